The minimum Gasteiger partial charge on any atom is -0.493 e. The molecule has 1 atom stereocenters. The zero-order valence-corrected chi connectivity index (χ0v) is 18.1. The maximum atomic E-state index is 15.0. The Morgan fingerprint density at radius 2 is 1.94 bits per heavy atom. The fourth-order valence-corrected chi connectivity index (χ4v) is 3.15. The number of hydrogen-bond acceptors (Lipinski definition) is 6. The molecule has 14 heteroatoms. The van der Waals surface area contributed by atoms with Crippen molar-refractivity contribution in [3.05, 3.63) is 35.2 Å². The van der Waals surface area contributed by atoms with Gasteiger partial charge in [-0.05, 0) is 13.3 Å². The topological polar surface area (TPSA) is 84.6 Å². The quantitative estimate of drug-likeness (QED) is 0.211. The second kappa shape index (κ2) is 9.73. The van der Waals surface area contributed by atoms with Gasteiger partial charge in [-0.25, -0.2) is 8.78 Å². The molecular formula is C19H18ClF5N6O2. The van der Waals surface area contributed by atoms with Crippen LogP contribution in [0, 0.1) is 11.6 Å². The van der Waals surface area contributed by atoms with Crippen LogP contribution in [0.15, 0.2) is 18.5 Å². The van der Waals surface area contributed by atoms with Crippen molar-refractivity contribution in [3.8, 4) is 16.9 Å². The Balaban J connectivity index is 2.01. The molecule has 0 radical (unpaired) electrons. The number of benzene rings is 1. The van der Waals surface area contributed by atoms with E-state index >= 15 is 0 Å². The van der Waals surface area contributed by atoms with Crippen molar-refractivity contribution in [2.24, 2.45) is 0 Å². The molecule has 1 N–H and O–H groups in total. The van der Waals surface area contributed by atoms with E-state index in [-0.39, 0.29) is 18.1 Å². The standard InChI is InChI=1S/C19H18ClF5N6O2/c1-10(19(23,24)25)28-17-15(16(20)29-18-26-8-27-31(17)18)14-12(21)6-11(7-13(14)22)33-5-3-4-30(2)9-32/h6-10,28H,3-5H2,1-2H3/t10-/m0/s1. The summed E-state index contributed by atoms with van der Waals surface area (Å²) in [6.45, 7) is 1.27. The number of carbonyl (C=O) groups excluding carboxylic acids is 1. The Hall–Kier alpha value is -3.22. The van der Waals surface area contributed by atoms with Gasteiger partial charge in [0.1, 0.15) is 40.7 Å². The van der Waals surface area contributed by atoms with Crippen LogP contribution in [-0.2, 0) is 4.79 Å². The number of nitrogens with zero attached hydrogens (tertiary/aromatic N) is 5. The van der Waals surface area contributed by atoms with Crippen LogP contribution >= 0.6 is 11.6 Å². The molecule has 0 saturated carbocycles. The molecule has 3 rings (SSSR count). The van der Waals surface area contributed by atoms with Gasteiger partial charge in [0, 0.05) is 25.7 Å². The molecule has 3 aromatic rings. The molecular weight excluding hydrogens is 475 g/mol. The van der Waals surface area contributed by atoms with Gasteiger partial charge in [0.25, 0.3) is 5.78 Å². The zero-order chi connectivity index (χ0) is 24.3. The largest absolute Gasteiger partial charge is 0.493 e. The summed E-state index contributed by atoms with van der Waals surface area (Å²) in [7, 11) is 1.57. The van der Waals surface area contributed by atoms with Crippen molar-refractivity contribution in [3.63, 3.8) is 0 Å². The van der Waals surface area contributed by atoms with Crippen LogP contribution in [0.2, 0.25) is 5.15 Å². The molecule has 178 valence electrons. The summed E-state index contributed by atoms with van der Waals surface area (Å²) in [5.74, 6) is -3.02. The predicted molar refractivity (Wildman–Crippen MR) is 109 cm³/mol. The number of carbonyl (C=O) groups is 1. The average Bonchev–Trinajstić information content (AvgIpc) is 3.19. The lowest BCUT2D eigenvalue weighted by Crippen LogP contribution is -2.34. The molecule has 0 spiro atoms. The molecule has 0 aliphatic heterocycles. The van der Waals surface area contributed by atoms with Gasteiger partial charge in [0.05, 0.1) is 17.7 Å². The Kier molecular flexibility index (Phi) is 7.20. The number of amides is 1. The van der Waals surface area contributed by atoms with Crippen LogP contribution in [0.1, 0.15) is 13.3 Å². The number of fused-ring (bicyclic) bond motifs is 1. The number of nitrogens with one attached hydrogen (secondary N) is 1. The Bertz CT molecular complexity index is 1130. The van der Waals surface area contributed by atoms with Gasteiger partial charge in [0.2, 0.25) is 6.41 Å². The maximum absolute atomic E-state index is 15.0. The number of hydrogen-bond donors (Lipinski definition) is 1. The van der Waals surface area contributed by atoms with E-state index in [1.165, 1.54) is 4.90 Å². The van der Waals surface area contributed by atoms with E-state index < -0.39 is 46.0 Å². The smallest absolute Gasteiger partial charge is 0.408 e. The lowest BCUT2D eigenvalue weighted by atomic mass is 10.1. The van der Waals surface area contributed by atoms with Crippen LogP contribution in [0.4, 0.5) is 27.8 Å². The first-order chi connectivity index (χ1) is 15.5. The number of rotatable bonds is 9. The lowest BCUT2D eigenvalue weighted by Gasteiger charge is -2.21. The van der Waals surface area contributed by atoms with Crippen molar-refractivity contribution in [1.82, 2.24) is 24.5 Å². The third-order valence-electron chi connectivity index (χ3n) is 4.60. The van der Waals surface area contributed by atoms with E-state index in [0.29, 0.717) is 19.4 Å². The van der Waals surface area contributed by atoms with E-state index in [0.717, 1.165) is 29.9 Å². The summed E-state index contributed by atoms with van der Waals surface area (Å²) in [6, 6.07) is -0.359. The second-order valence-corrected chi connectivity index (χ2v) is 7.41. The van der Waals surface area contributed by atoms with Crippen LogP contribution in [0.25, 0.3) is 16.9 Å². The summed E-state index contributed by atoms with van der Waals surface area (Å²) in [5.41, 5.74) is -1.17. The van der Waals surface area contributed by atoms with Crippen LogP contribution in [0.3, 0.4) is 0 Å². The van der Waals surface area contributed by atoms with Gasteiger partial charge in [-0.2, -0.15) is 32.8 Å². The summed E-state index contributed by atoms with van der Waals surface area (Å²) in [5, 5.41) is 5.47. The Morgan fingerprint density at radius 3 is 2.55 bits per heavy atom. The number of ether oxygens (including phenoxy) is 1. The summed E-state index contributed by atoms with van der Waals surface area (Å²) in [6.07, 6.45) is -2.63. The predicted octanol–water partition coefficient (Wildman–Crippen LogP) is 3.94. The number of alkyl halides is 3. The van der Waals surface area contributed by atoms with Crippen molar-refractivity contribution in [1.29, 1.82) is 0 Å². The monoisotopic (exact) mass is 492 g/mol. The molecule has 0 saturated heterocycles. The van der Waals surface area contributed by atoms with Gasteiger partial charge in [-0.3, -0.25) is 4.79 Å². The highest BCUT2D eigenvalue weighted by molar-refractivity contribution is 6.33. The first-order valence-electron chi connectivity index (χ1n) is 9.53. The molecule has 2 aromatic heterocycles. The minimum absolute atomic E-state index is 0.0690. The highest BCUT2D eigenvalue weighted by Crippen LogP contribution is 2.39. The third-order valence-corrected chi connectivity index (χ3v) is 4.87. The van der Waals surface area contributed by atoms with E-state index in [1.54, 1.807) is 7.05 Å². The van der Waals surface area contributed by atoms with Crippen LogP contribution in [-0.4, -0.2) is 63.3 Å². The maximum Gasteiger partial charge on any atom is 0.408 e. The first kappa shape index (κ1) is 24.4. The van der Waals surface area contributed by atoms with Crippen molar-refractivity contribution in [2.75, 3.05) is 25.5 Å². The highest BCUT2D eigenvalue weighted by Gasteiger charge is 2.37. The van der Waals surface area contributed by atoms with Crippen molar-refractivity contribution >= 4 is 29.6 Å². The molecule has 2 heterocycles. The van der Waals surface area contributed by atoms with E-state index in [2.05, 4.69) is 20.4 Å². The van der Waals surface area contributed by atoms with Crippen LogP contribution < -0.4 is 10.1 Å². The zero-order valence-electron chi connectivity index (χ0n) is 17.3. The number of halogens is 6. The minimum atomic E-state index is -4.67. The number of anilines is 1. The van der Waals surface area contributed by atoms with Crippen molar-refractivity contribution < 1.29 is 31.5 Å². The number of aromatic nitrogens is 4. The molecule has 8 nitrogen and oxygen atoms in total. The Labute approximate surface area is 189 Å². The van der Waals surface area contributed by atoms with Gasteiger partial charge >= 0.3 is 6.18 Å². The molecule has 0 aliphatic rings. The fraction of sp³-hybridized carbons (Fsp3) is 0.368. The average molecular weight is 493 g/mol. The van der Waals surface area contributed by atoms with Crippen LogP contribution in [0.5, 0.6) is 5.75 Å². The molecule has 0 unspecified atom stereocenters. The van der Waals surface area contributed by atoms with E-state index in [1.807, 2.05) is 0 Å². The molecule has 33 heavy (non-hydrogen) atoms. The Morgan fingerprint density at radius 1 is 1.27 bits per heavy atom. The molecule has 0 aliphatic carbocycles. The third kappa shape index (κ3) is 5.41. The molecule has 1 amide bonds. The van der Waals surface area contributed by atoms with Crippen molar-refractivity contribution in [2.45, 2.75) is 25.6 Å². The SMILES string of the molecule is C[C@H](Nc1c(-c2c(F)cc(OCCCN(C)C=O)cc2F)c(Cl)nc2ncnn12)C(F)(F)F. The van der Waals surface area contributed by atoms with E-state index in [9.17, 15) is 26.7 Å². The summed E-state index contributed by atoms with van der Waals surface area (Å²) in [4.78, 5) is 19.6. The normalized spacial score (nSPS) is 12.6. The van der Waals surface area contributed by atoms with Gasteiger partial charge in [0.15, 0.2) is 0 Å². The second-order valence-electron chi connectivity index (χ2n) is 7.06. The molecule has 1 aromatic carbocycles. The highest BCUT2D eigenvalue weighted by atomic mass is 35.5. The van der Waals surface area contributed by atoms with E-state index in [4.69, 9.17) is 16.3 Å². The molecule has 0 bridgehead atoms. The summed E-state index contributed by atoms with van der Waals surface area (Å²) >= 11 is 6.12. The fourth-order valence-electron chi connectivity index (χ4n) is 2.89. The molecule has 0 fully saturated rings. The summed E-state index contributed by atoms with van der Waals surface area (Å²) < 4.78 is 75.7. The van der Waals surface area contributed by atoms with Gasteiger partial charge in [-0.1, -0.05) is 11.6 Å². The van der Waals surface area contributed by atoms with Gasteiger partial charge < -0.3 is 15.0 Å². The first-order valence-corrected chi connectivity index (χ1v) is 9.91. The van der Waals surface area contributed by atoms with Gasteiger partial charge in [-0.15, -0.1) is 0 Å². The lowest BCUT2D eigenvalue weighted by molar-refractivity contribution is -0.138.